The highest BCUT2D eigenvalue weighted by Crippen LogP contribution is 2.27. The number of nitrogens with zero attached hydrogens (tertiary/aromatic N) is 1. The molecule has 0 radical (unpaired) electrons. The van der Waals surface area contributed by atoms with Crippen LogP contribution in [0, 0.1) is 13.8 Å². The Bertz CT molecular complexity index is 1350. The standard InChI is InChI=1S/C28H32ClN3O3S/c1-20-10-11-21(2)26(16-20)31-36(34,35)27-17-22(12-13-25(27)29)28(33)30-18-23-8-4-5-9-24(23)19-32-14-6-3-7-15-32/h4-5,8-13,16-17,31H,3,6-7,14-15,18-19H2,1-2H3,(H,30,33). The number of hydrogen-bond donors (Lipinski definition) is 2. The van der Waals surface area contributed by atoms with E-state index in [2.05, 4.69) is 21.0 Å². The molecule has 0 spiro atoms. The number of rotatable bonds is 8. The molecule has 3 aromatic rings. The Kier molecular flexibility index (Phi) is 8.34. The van der Waals surface area contributed by atoms with E-state index in [0.29, 0.717) is 12.2 Å². The molecule has 1 fully saturated rings. The second-order valence-electron chi connectivity index (χ2n) is 9.36. The third kappa shape index (κ3) is 6.46. The molecule has 4 rings (SSSR count). The summed E-state index contributed by atoms with van der Waals surface area (Å²) in [6.45, 7) is 7.12. The summed E-state index contributed by atoms with van der Waals surface area (Å²) < 4.78 is 28.9. The smallest absolute Gasteiger partial charge is 0.263 e. The second kappa shape index (κ2) is 11.5. The first kappa shape index (κ1) is 26.2. The number of carbonyl (C=O) groups excluding carboxylic acids is 1. The quantitative estimate of drug-likeness (QED) is 0.397. The third-order valence-electron chi connectivity index (χ3n) is 6.52. The van der Waals surface area contributed by atoms with Gasteiger partial charge in [0.15, 0.2) is 0 Å². The van der Waals surface area contributed by atoms with Crippen LogP contribution in [0.15, 0.2) is 65.6 Å². The van der Waals surface area contributed by atoms with Gasteiger partial charge >= 0.3 is 0 Å². The normalized spacial score (nSPS) is 14.4. The van der Waals surface area contributed by atoms with Crippen molar-refractivity contribution in [3.8, 4) is 0 Å². The number of nitrogens with one attached hydrogen (secondary N) is 2. The van der Waals surface area contributed by atoms with Crippen LogP contribution in [0.4, 0.5) is 5.69 Å². The van der Waals surface area contributed by atoms with Gasteiger partial charge in [-0.3, -0.25) is 14.4 Å². The second-order valence-corrected chi connectivity index (χ2v) is 11.4. The summed E-state index contributed by atoms with van der Waals surface area (Å²) in [6, 6.07) is 17.9. The number of halogens is 1. The minimum Gasteiger partial charge on any atom is -0.348 e. The van der Waals surface area contributed by atoms with Gasteiger partial charge in [0.25, 0.3) is 15.9 Å². The van der Waals surface area contributed by atoms with Gasteiger partial charge < -0.3 is 5.32 Å². The summed E-state index contributed by atoms with van der Waals surface area (Å²) in [6.07, 6.45) is 3.73. The number of aryl methyl sites for hydroxylation is 2. The molecule has 0 bridgehead atoms. The van der Waals surface area contributed by atoms with Gasteiger partial charge in [0.2, 0.25) is 0 Å². The lowest BCUT2D eigenvalue weighted by Gasteiger charge is -2.27. The molecular formula is C28H32ClN3O3S. The first-order chi connectivity index (χ1) is 17.2. The van der Waals surface area contributed by atoms with Crippen molar-refractivity contribution in [2.24, 2.45) is 0 Å². The molecule has 1 aliphatic rings. The summed E-state index contributed by atoms with van der Waals surface area (Å²) in [5.74, 6) is -0.359. The van der Waals surface area contributed by atoms with Crippen LogP contribution in [0.1, 0.15) is 51.9 Å². The monoisotopic (exact) mass is 525 g/mol. The third-order valence-corrected chi connectivity index (χ3v) is 8.37. The maximum Gasteiger partial charge on any atom is 0.263 e. The van der Waals surface area contributed by atoms with Crippen molar-refractivity contribution in [1.82, 2.24) is 10.2 Å². The van der Waals surface area contributed by atoms with Crippen molar-refractivity contribution in [2.45, 2.75) is 51.1 Å². The van der Waals surface area contributed by atoms with Gasteiger partial charge in [-0.05, 0) is 86.3 Å². The number of benzene rings is 3. The van der Waals surface area contributed by atoms with Gasteiger partial charge in [0.05, 0.1) is 10.7 Å². The van der Waals surface area contributed by atoms with E-state index in [9.17, 15) is 13.2 Å². The van der Waals surface area contributed by atoms with Gasteiger partial charge in [-0.15, -0.1) is 0 Å². The number of carbonyl (C=O) groups is 1. The Morgan fingerprint density at radius 2 is 1.67 bits per heavy atom. The van der Waals surface area contributed by atoms with Gasteiger partial charge in [0, 0.05) is 18.7 Å². The minimum atomic E-state index is -4.00. The van der Waals surface area contributed by atoms with Crippen LogP contribution >= 0.6 is 11.6 Å². The van der Waals surface area contributed by atoms with E-state index in [0.717, 1.165) is 36.3 Å². The highest BCUT2D eigenvalue weighted by molar-refractivity contribution is 7.92. The lowest BCUT2D eigenvalue weighted by molar-refractivity contribution is 0.0950. The van der Waals surface area contributed by atoms with Crippen LogP contribution in [0.2, 0.25) is 5.02 Å². The van der Waals surface area contributed by atoms with Gasteiger partial charge in [-0.1, -0.05) is 54.4 Å². The molecule has 1 amide bonds. The van der Waals surface area contributed by atoms with E-state index in [-0.39, 0.29) is 21.4 Å². The van der Waals surface area contributed by atoms with Crippen molar-refractivity contribution in [3.05, 3.63) is 93.5 Å². The number of likely N-dealkylation sites (tertiary alicyclic amines) is 1. The van der Waals surface area contributed by atoms with E-state index in [1.165, 1.54) is 43.0 Å². The number of hydrogen-bond acceptors (Lipinski definition) is 4. The number of anilines is 1. The molecule has 8 heteroatoms. The fraction of sp³-hybridized carbons (Fsp3) is 0.321. The predicted octanol–water partition coefficient (Wildman–Crippen LogP) is 5.67. The summed E-state index contributed by atoms with van der Waals surface area (Å²) in [7, 11) is -4.00. The van der Waals surface area contributed by atoms with Crippen molar-refractivity contribution < 1.29 is 13.2 Å². The maximum atomic E-state index is 13.1. The minimum absolute atomic E-state index is 0.0521. The topological polar surface area (TPSA) is 78.5 Å². The average Bonchev–Trinajstić information content (AvgIpc) is 2.86. The summed E-state index contributed by atoms with van der Waals surface area (Å²) >= 11 is 6.25. The van der Waals surface area contributed by atoms with Gasteiger partial charge in [-0.25, -0.2) is 8.42 Å². The summed E-state index contributed by atoms with van der Waals surface area (Å²) in [5, 5.41) is 2.99. The maximum absolute atomic E-state index is 13.1. The van der Waals surface area contributed by atoms with Crippen molar-refractivity contribution in [3.63, 3.8) is 0 Å². The number of amides is 1. The molecule has 36 heavy (non-hydrogen) atoms. The van der Waals surface area contributed by atoms with E-state index >= 15 is 0 Å². The fourth-order valence-corrected chi connectivity index (χ4v) is 6.06. The van der Waals surface area contributed by atoms with Crippen molar-refractivity contribution in [1.29, 1.82) is 0 Å². The average molecular weight is 526 g/mol. The zero-order valence-electron chi connectivity index (χ0n) is 20.7. The van der Waals surface area contributed by atoms with E-state index in [1.807, 2.05) is 44.2 Å². The zero-order valence-corrected chi connectivity index (χ0v) is 22.3. The first-order valence-corrected chi connectivity index (χ1v) is 14.1. The molecule has 0 aliphatic carbocycles. The van der Waals surface area contributed by atoms with Gasteiger partial charge in [0.1, 0.15) is 4.90 Å². The van der Waals surface area contributed by atoms with Crippen molar-refractivity contribution >= 4 is 33.2 Å². The molecule has 0 saturated carbocycles. The van der Waals surface area contributed by atoms with Crippen LogP contribution in [0.5, 0.6) is 0 Å². The molecular weight excluding hydrogens is 494 g/mol. The Labute approximate surface area is 218 Å². The molecule has 1 saturated heterocycles. The number of sulfonamides is 1. The molecule has 1 heterocycles. The lowest BCUT2D eigenvalue weighted by atomic mass is 10.0. The van der Waals surface area contributed by atoms with Crippen LogP contribution < -0.4 is 10.0 Å². The van der Waals surface area contributed by atoms with Crippen LogP contribution in [-0.2, 0) is 23.1 Å². The highest BCUT2D eigenvalue weighted by atomic mass is 35.5. The lowest BCUT2D eigenvalue weighted by Crippen LogP contribution is -2.30. The number of piperidine rings is 1. The van der Waals surface area contributed by atoms with Gasteiger partial charge in [-0.2, -0.15) is 0 Å². The molecule has 0 aromatic heterocycles. The zero-order chi connectivity index (χ0) is 25.7. The van der Waals surface area contributed by atoms with Crippen LogP contribution in [-0.4, -0.2) is 32.3 Å². The molecule has 3 aromatic carbocycles. The Morgan fingerprint density at radius 1 is 0.944 bits per heavy atom. The Balaban J connectivity index is 1.48. The predicted molar refractivity (Wildman–Crippen MR) is 145 cm³/mol. The largest absolute Gasteiger partial charge is 0.348 e. The van der Waals surface area contributed by atoms with Crippen LogP contribution in [0.3, 0.4) is 0 Å². The molecule has 2 N–H and O–H groups in total. The fourth-order valence-electron chi connectivity index (χ4n) is 4.42. The molecule has 0 unspecified atom stereocenters. The summed E-state index contributed by atoms with van der Waals surface area (Å²) in [4.78, 5) is 15.3. The molecule has 6 nitrogen and oxygen atoms in total. The van der Waals surface area contributed by atoms with E-state index in [4.69, 9.17) is 11.6 Å². The molecule has 1 aliphatic heterocycles. The molecule has 0 atom stereocenters. The SMILES string of the molecule is Cc1ccc(C)c(NS(=O)(=O)c2cc(C(=O)NCc3ccccc3CN3CCCCC3)ccc2Cl)c1. The summed E-state index contributed by atoms with van der Waals surface area (Å²) in [5.41, 5.74) is 4.67. The van der Waals surface area contributed by atoms with Crippen molar-refractivity contribution in [2.75, 3.05) is 17.8 Å². The van der Waals surface area contributed by atoms with E-state index in [1.54, 1.807) is 6.07 Å². The first-order valence-electron chi connectivity index (χ1n) is 12.2. The van der Waals surface area contributed by atoms with E-state index < -0.39 is 10.0 Å². The highest BCUT2D eigenvalue weighted by Gasteiger charge is 2.21. The van der Waals surface area contributed by atoms with Crippen LogP contribution in [0.25, 0.3) is 0 Å². The Hall–Kier alpha value is -2.87. The molecule has 190 valence electrons. The Morgan fingerprint density at radius 3 is 2.42 bits per heavy atom.